The molecule has 1 aliphatic heterocycles. The molecule has 6 nitrogen and oxygen atoms in total. The lowest BCUT2D eigenvalue weighted by molar-refractivity contribution is -0.188. The second-order valence-corrected chi connectivity index (χ2v) is 3.86. The quantitative estimate of drug-likeness (QED) is 0.696. The predicted molar refractivity (Wildman–Crippen MR) is 51.4 cm³/mol. The van der Waals surface area contributed by atoms with Gasteiger partial charge in [0.1, 0.15) is 12.2 Å². The summed E-state index contributed by atoms with van der Waals surface area (Å²) in [6.07, 6.45) is -8.85. The number of aliphatic hydroxyl groups is 2. The van der Waals surface area contributed by atoms with E-state index in [2.05, 4.69) is 0 Å². The number of ether oxygens (including phenoxy) is 2. The van der Waals surface area contributed by atoms with Crippen LogP contribution in [-0.2, 0) is 14.3 Å². The number of carbonyl (C=O) groups excluding carboxylic acids is 1. The molecular weight excluding hydrogens is 259 g/mol. The van der Waals surface area contributed by atoms with E-state index in [1.165, 1.54) is 7.11 Å². The Morgan fingerprint density at radius 3 is 2.44 bits per heavy atom. The zero-order valence-electron chi connectivity index (χ0n) is 9.72. The van der Waals surface area contributed by atoms with Crippen LogP contribution in [0.5, 0.6) is 0 Å². The maximum absolute atomic E-state index is 12.3. The number of alkyl halides is 3. The van der Waals surface area contributed by atoms with Crippen molar-refractivity contribution < 1.29 is 37.7 Å². The van der Waals surface area contributed by atoms with E-state index < -0.39 is 43.2 Å². The van der Waals surface area contributed by atoms with Gasteiger partial charge in [0.05, 0.1) is 12.6 Å². The molecule has 1 heterocycles. The zero-order valence-corrected chi connectivity index (χ0v) is 9.72. The normalized spacial score (nSPS) is 32.6. The number of nitrogens with zero attached hydrogens (tertiary/aromatic N) is 1. The molecule has 4 atom stereocenters. The predicted octanol–water partition coefficient (Wildman–Crippen LogP) is -0.900. The van der Waals surface area contributed by atoms with E-state index in [0.29, 0.717) is 4.90 Å². The summed E-state index contributed by atoms with van der Waals surface area (Å²) < 4.78 is 46.5. The molecule has 1 rings (SSSR count). The van der Waals surface area contributed by atoms with Crippen molar-refractivity contribution in [3.8, 4) is 0 Å². The van der Waals surface area contributed by atoms with Crippen molar-refractivity contribution in [1.29, 1.82) is 0 Å². The number of carbonyl (C=O) groups is 1. The third-order valence-electron chi connectivity index (χ3n) is 2.74. The molecule has 1 aliphatic rings. The van der Waals surface area contributed by atoms with Crippen LogP contribution in [0, 0.1) is 0 Å². The van der Waals surface area contributed by atoms with E-state index in [0.717, 1.165) is 7.05 Å². The lowest BCUT2D eigenvalue weighted by Crippen LogP contribution is -2.53. The molecule has 2 N–H and O–H groups in total. The molecular formula is C9H14F3NO5. The highest BCUT2D eigenvalue weighted by Crippen LogP contribution is 2.28. The summed E-state index contributed by atoms with van der Waals surface area (Å²) in [5.41, 5.74) is 0. The molecule has 0 saturated carbocycles. The number of rotatable bonds is 3. The van der Waals surface area contributed by atoms with E-state index in [1.807, 2.05) is 0 Å². The van der Waals surface area contributed by atoms with Crippen LogP contribution in [-0.4, -0.2) is 72.5 Å². The van der Waals surface area contributed by atoms with Gasteiger partial charge >= 0.3 is 12.1 Å². The standard InChI is InChI=1S/C9H14F3NO5/c1-13(8(16)9(10,11)12)5-4(3-14)18-7(17-2)6(5)15/h4-7,14-15H,3H2,1-2H3/t4-,5+,6+,7-/m0/s1. The molecule has 106 valence electrons. The molecule has 0 aromatic heterocycles. The second kappa shape index (κ2) is 5.39. The molecule has 0 aromatic rings. The van der Waals surface area contributed by atoms with Crippen LogP contribution in [0.15, 0.2) is 0 Å². The summed E-state index contributed by atoms with van der Waals surface area (Å²) in [7, 11) is 2.07. The number of likely N-dealkylation sites (N-methyl/N-ethyl adjacent to an activating group) is 1. The van der Waals surface area contributed by atoms with Gasteiger partial charge in [0, 0.05) is 14.2 Å². The molecule has 9 heteroatoms. The van der Waals surface area contributed by atoms with Crippen molar-refractivity contribution in [2.24, 2.45) is 0 Å². The van der Waals surface area contributed by atoms with E-state index in [9.17, 15) is 23.1 Å². The first-order valence-electron chi connectivity index (χ1n) is 5.05. The Morgan fingerprint density at radius 1 is 1.50 bits per heavy atom. The first kappa shape index (κ1) is 15.2. The minimum atomic E-state index is -5.06. The van der Waals surface area contributed by atoms with Crippen molar-refractivity contribution >= 4 is 5.91 Å². The molecule has 0 spiro atoms. The van der Waals surface area contributed by atoms with Gasteiger partial charge in [-0.2, -0.15) is 13.2 Å². The largest absolute Gasteiger partial charge is 0.471 e. The summed E-state index contributed by atoms with van der Waals surface area (Å²) in [6.45, 7) is -0.642. The summed E-state index contributed by atoms with van der Waals surface area (Å²) in [4.78, 5) is 11.4. The Balaban J connectivity index is 2.89. The topological polar surface area (TPSA) is 79.2 Å². The monoisotopic (exact) mass is 273 g/mol. The van der Waals surface area contributed by atoms with Gasteiger partial charge in [-0.25, -0.2) is 0 Å². The third-order valence-corrected chi connectivity index (χ3v) is 2.74. The second-order valence-electron chi connectivity index (χ2n) is 3.86. The average molecular weight is 273 g/mol. The minimum absolute atomic E-state index is 0.310. The number of methoxy groups -OCH3 is 1. The number of aliphatic hydroxyl groups excluding tert-OH is 2. The lowest BCUT2D eigenvalue weighted by Gasteiger charge is -2.29. The summed E-state index contributed by atoms with van der Waals surface area (Å²) in [6, 6.07) is -1.32. The highest BCUT2D eigenvalue weighted by atomic mass is 19.4. The summed E-state index contributed by atoms with van der Waals surface area (Å²) >= 11 is 0. The van der Waals surface area contributed by atoms with Crippen molar-refractivity contribution in [1.82, 2.24) is 4.90 Å². The summed E-state index contributed by atoms with van der Waals surface area (Å²) in [5, 5.41) is 18.7. The Kier molecular flexibility index (Phi) is 4.54. The molecule has 0 unspecified atom stereocenters. The number of hydrogen-bond acceptors (Lipinski definition) is 5. The fourth-order valence-corrected chi connectivity index (χ4v) is 1.87. The first-order chi connectivity index (χ1) is 8.23. The average Bonchev–Trinajstić information content (AvgIpc) is 2.62. The molecule has 0 aliphatic carbocycles. The van der Waals surface area contributed by atoms with E-state index in [1.54, 1.807) is 0 Å². The Bertz CT molecular complexity index is 309. The fourth-order valence-electron chi connectivity index (χ4n) is 1.87. The Hall–Kier alpha value is -0.900. The van der Waals surface area contributed by atoms with Crippen molar-refractivity contribution in [3.63, 3.8) is 0 Å². The highest BCUT2D eigenvalue weighted by Gasteiger charge is 2.51. The van der Waals surface area contributed by atoms with Gasteiger partial charge in [0.25, 0.3) is 0 Å². The summed E-state index contributed by atoms with van der Waals surface area (Å²) in [5.74, 6) is -2.12. The molecule has 1 fully saturated rings. The highest BCUT2D eigenvalue weighted by molar-refractivity contribution is 5.82. The Morgan fingerprint density at radius 2 is 2.06 bits per heavy atom. The molecule has 1 amide bonds. The third kappa shape index (κ3) is 2.74. The van der Waals surface area contributed by atoms with Crippen LogP contribution in [0.25, 0.3) is 0 Å². The zero-order chi connectivity index (χ0) is 14.1. The molecule has 18 heavy (non-hydrogen) atoms. The van der Waals surface area contributed by atoms with E-state index in [-0.39, 0.29) is 0 Å². The SMILES string of the molecule is CO[C@H]1O[C@@H](CO)[C@@H](N(C)C(=O)C(F)(F)F)[C@H]1O. The number of hydrogen-bond donors (Lipinski definition) is 2. The lowest BCUT2D eigenvalue weighted by atomic mass is 10.1. The van der Waals surface area contributed by atoms with Crippen LogP contribution in [0.4, 0.5) is 13.2 Å². The molecule has 0 aromatic carbocycles. The maximum Gasteiger partial charge on any atom is 0.471 e. The van der Waals surface area contributed by atoms with Crippen molar-refractivity contribution in [3.05, 3.63) is 0 Å². The van der Waals surface area contributed by atoms with Gasteiger partial charge in [-0.05, 0) is 0 Å². The molecule has 0 bridgehead atoms. The van der Waals surface area contributed by atoms with Gasteiger partial charge in [-0.3, -0.25) is 4.79 Å². The number of halogens is 3. The van der Waals surface area contributed by atoms with Gasteiger partial charge in [-0.15, -0.1) is 0 Å². The van der Waals surface area contributed by atoms with E-state index in [4.69, 9.17) is 14.6 Å². The maximum atomic E-state index is 12.3. The van der Waals surface area contributed by atoms with Gasteiger partial charge in [0.15, 0.2) is 6.29 Å². The first-order valence-corrected chi connectivity index (χ1v) is 5.05. The van der Waals surface area contributed by atoms with Gasteiger partial charge in [-0.1, -0.05) is 0 Å². The van der Waals surface area contributed by atoms with Gasteiger partial charge < -0.3 is 24.6 Å². The van der Waals surface area contributed by atoms with Crippen LogP contribution < -0.4 is 0 Å². The minimum Gasteiger partial charge on any atom is -0.394 e. The smallest absolute Gasteiger partial charge is 0.394 e. The molecule has 0 radical (unpaired) electrons. The Labute approximate surface area is 101 Å². The fraction of sp³-hybridized carbons (Fsp3) is 0.889. The van der Waals surface area contributed by atoms with Crippen molar-refractivity contribution in [2.45, 2.75) is 30.7 Å². The van der Waals surface area contributed by atoms with Crippen molar-refractivity contribution in [2.75, 3.05) is 20.8 Å². The van der Waals surface area contributed by atoms with Crippen LogP contribution in [0.2, 0.25) is 0 Å². The number of amides is 1. The van der Waals surface area contributed by atoms with Crippen LogP contribution in [0.1, 0.15) is 0 Å². The van der Waals surface area contributed by atoms with Crippen LogP contribution in [0.3, 0.4) is 0 Å². The molecule has 1 saturated heterocycles. The van der Waals surface area contributed by atoms with E-state index >= 15 is 0 Å². The van der Waals surface area contributed by atoms with Crippen LogP contribution >= 0.6 is 0 Å². The van der Waals surface area contributed by atoms with Gasteiger partial charge in [0.2, 0.25) is 0 Å².